The lowest BCUT2D eigenvalue weighted by Crippen LogP contribution is -2.35. The van der Waals surface area contributed by atoms with Crippen molar-refractivity contribution in [2.45, 2.75) is 38.8 Å². The van der Waals surface area contributed by atoms with Gasteiger partial charge in [0, 0.05) is 19.3 Å². The molecule has 1 fully saturated rings. The summed E-state index contributed by atoms with van der Waals surface area (Å²) in [4.78, 5) is 25.3. The van der Waals surface area contributed by atoms with Gasteiger partial charge in [0.05, 0.1) is 23.1 Å². The van der Waals surface area contributed by atoms with Crippen molar-refractivity contribution in [3.63, 3.8) is 0 Å². The number of amides is 1. The summed E-state index contributed by atoms with van der Waals surface area (Å²) in [5, 5.41) is 4.52. The maximum absolute atomic E-state index is 12.0. The number of nitrogens with zero attached hydrogens (tertiary/aromatic N) is 3. The van der Waals surface area contributed by atoms with Gasteiger partial charge >= 0.3 is 6.09 Å². The van der Waals surface area contributed by atoms with Crippen LogP contribution >= 0.6 is 15.9 Å². The van der Waals surface area contributed by atoms with Crippen LogP contribution in [0.1, 0.15) is 43.6 Å². The third-order valence-corrected chi connectivity index (χ3v) is 3.74. The number of ether oxygens (including phenoxy) is 1. The van der Waals surface area contributed by atoms with Crippen molar-refractivity contribution in [1.82, 2.24) is 14.7 Å². The minimum Gasteiger partial charge on any atom is -0.444 e. The first-order valence-corrected chi connectivity index (χ1v) is 8.03. The second-order valence-electron chi connectivity index (χ2n) is 6.13. The van der Waals surface area contributed by atoms with Crippen LogP contribution < -0.4 is 0 Å². The summed E-state index contributed by atoms with van der Waals surface area (Å²) in [6.45, 7) is 6.75. The monoisotopic (exact) mass is 357 g/mol. The maximum atomic E-state index is 12.0. The summed E-state index contributed by atoms with van der Waals surface area (Å²) in [6.07, 6.45) is 3.82. The van der Waals surface area contributed by atoms with E-state index >= 15 is 0 Å². The molecule has 7 heteroatoms. The Kier molecular flexibility index (Phi) is 4.70. The summed E-state index contributed by atoms with van der Waals surface area (Å²) < 4.78 is 7.13. The lowest BCUT2D eigenvalue weighted by Gasteiger charge is -2.24. The Hall–Kier alpha value is -1.37. The summed E-state index contributed by atoms with van der Waals surface area (Å²) in [5.74, 6) is 0.00300. The number of carbonyl (C=O) groups excluding carboxylic acids is 2. The minimum atomic E-state index is -0.490. The quantitative estimate of drug-likeness (QED) is 0.616. The van der Waals surface area contributed by atoms with Gasteiger partial charge in [-0.15, -0.1) is 0 Å². The van der Waals surface area contributed by atoms with Crippen molar-refractivity contribution in [1.29, 1.82) is 0 Å². The summed E-state index contributed by atoms with van der Waals surface area (Å²) >= 11 is 3.14. The van der Waals surface area contributed by atoms with E-state index < -0.39 is 5.60 Å². The van der Waals surface area contributed by atoms with E-state index in [1.165, 1.54) is 0 Å². The minimum absolute atomic E-state index is 0.00300. The fourth-order valence-electron chi connectivity index (χ4n) is 2.21. The standard InChI is InChI=1S/C14H20BrN3O3/c1-14(2,3)21-13(20)17-5-4-11(9-17)18-8-10(7-16-18)12(19)6-15/h7-8,11H,4-6,9H2,1-3H3. The zero-order chi connectivity index (χ0) is 15.6. The molecule has 0 radical (unpaired) electrons. The number of halogens is 1. The highest BCUT2D eigenvalue weighted by Gasteiger charge is 2.31. The second-order valence-corrected chi connectivity index (χ2v) is 6.70. The van der Waals surface area contributed by atoms with Crippen LogP contribution in [0.3, 0.4) is 0 Å². The number of aromatic nitrogens is 2. The molecule has 0 N–H and O–H groups in total. The Bertz CT molecular complexity index is 536. The predicted octanol–water partition coefficient (Wildman–Crippen LogP) is 2.64. The van der Waals surface area contributed by atoms with E-state index in [1.807, 2.05) is 20.8 Å². The average Bonchev–Trinajstić information content (AvgIpc) is 3.04. The molecule has 0 aliphatic carbocycles. The normalized spacial score (nSPS) is 18.9. The summed E-state index contributed by atoms with van der Waals surface area (Å²) in [7, 11) is 0. The van der Waals surface area contributed by atoms with Gasteiger partial charge in [0.2, 0.25) is 0 Å². The molecule has 1 amide bonds. The maximum Gasteiger partial charge on any atom is 0.410 e. The first-order valence-electron chi connectivity index (χ1n) is 6.91. The molecule has 0 bridgehead atoms. The molecule has 2 rings (SSSR count). The Balaban J connectivity index is 1.97. The number of likely N-dealkylation sites (tertiary alicyclic amines) is 1. The topological polar surface area (TPSA) is 64.4 Å². The SMILES string of the molecule is CC(C)(C)OC(=O)N1CCC(n2cc(C(=O)CBr)cn2)C1. The van der Waals surface area contributed by atoms with E-state index in [-0.39, 0.29) is 23.2 Å². The van der Waals surface area contributed by atoms with Crippen LogP contribution in [0.4, 0.5) is 4.79 Å². The molecule has 1 atom stereocenters. The molecular formula is C14H20BrN3O3. The van der Waals surface area contributed by atoms with Crippen molar-refractivity contribution in [2.24, 2.45) is 0 Å². The highest BCUT2D eigenvalue weighted by Crippen LogP contribution is 2.23. The number of rotatable bonds is 3. The van der Waals surface area contributed by atoms with Crippen molar-refractivity contribution in [3.8, 4) is 0 Å². The van der Waals surface area contributed by atoms with E-state index in [0.717, 1.165) is 6.42 Å². The molecule has 116 valence electrons. The molecule has 1 aromatic rings. The molecule has 6 nitrogen and oxygen atoms in total. The summed E-state index contributed by atoms with van der Waals surface area (Å²) in [5.41, 5.74) is 0.0960. The lowest BCUT2D eigenvalue weighted by atomic mass is 10.2. The van der Waals surface area contributed by atoms with Gasteiger partial charge in [-0.3, -0.25) is 9.48 Å². The van der Waals surface area contributed by atoms with E-state index in [0.29, 0.717) is 18.7 Å². The highest BCUT2D eigenvalue weighted by atomic mass is 79.9. The number of carbonyl (C=O) groups is 2. The Morgan fingerprint density at radius 2 is 2.19 bits per heavy atom. The molecule has 2 heterocycles. The van der Waals surface area contributed by atoms with Crippen LogP contribution in [0.25, 0.3) is 0 Å². The number of hydrogen-bond donors (Lipinski definition) is 0. The fourth-order valence-corrected chi connectivity index (χ4v) is 2.53. The van der Waals surface area contributed by atoms with Gasteiger partial charge in [-0.1, -0.05) is 15.9 Å². The first kappa shape index (κ1) is 16.0. The van der Waals surface area contributed by atoms with Crippen molar-refractivity contribution in [3.05, 3.63) is 18.0 Å². The van der Waals surface area contributed by atoms with Crippen molar-refractivity contribution in [2.75, 3.05) is 18.4 Å². The van der Waals surface area contributed by atoms with Crippen molar-refractivity contribution >= 4 is 27.8 Å². The van der Waals surface area contributed by atoms with E-state index in [1.54, 1.807) is 22.0 Å². The zero-order valence-corrected chi connectivity index (χ0v) is 14.1. The van der Waals surface area contributed by atoms with Gasteiger partial charge in [-0.25, -0.2) is 4.79 Å². The van der Waals surface area contributed by atoms with Gasteiger partial charge in [-0.05, 0) is 27.2 Å². The van der Waals surface area contributed by atoms with Crippen LogP contribution in [0.5, 0.6) is 0 Å². The Morgan fingerprint density at radius 3 is 2.81 bits per heavy atom. The molecule has 1 aliphatic rings. The molecule has 1 unspecified atom stereocenters. The third kappa shape index (κ3) is 4.06. The number of alkyl halides is 1. The number of ketones is 1. The van der Waals surface area contributed by atoms with Crippen LogP contribution in [0, 0.1) is 0 Å². The molecular weight excluding hydrogens is 338 g/mol. The average molecular weight is 358 g/mol. The van der Waals surface area contributed by atoms with Gasteiger partial charge in [0.1, 0.15) is 5.60 Å². The largest absolute Gasteiger partial charge is 0.444 e. The molecule has 1 saturated heterocycles. The fraction of sp³-hybridized carbons (Fsp3) is 0.643. The van der Waals surface area contributed by atoms with E-state index in [9.17, 15) is 9.59 Å². The van der Waals surface area contributed by atoms with Crippen LogP contribution in [0.2, 0.25) is 0 Å². The number of Topliss-reactive ketones (excluding diaryl/α,β-unsaturated/α-hetero) is 1. The van der Waals surface area contributed by atoms with Crippen LogP contribution in [-0.4, -0.2) is 50.6 Å². The van der Waals surface area contributed by atoms with Gasteiger partial charge in [-0.2, -0.15) is 5.10 Å². The molecule has 0 saturated carbocycles. The number of hydrogen-bond acceptors (Lipinski definition) is 4. The first-order chi connectivity index (χ1) is 9.80. The van der Waals surface area contributed by atoms with Gasteiger partial charge in [0.25, 0.3) is 0 Å². The second kappa shape index (κ2) is 6.17. The van der Waals surface area contributed by atoms with Crippen molar-refractivity contribution < 1.29 is 14.3 Å². The third-order valence-electron chi connectivity index (χ3n) is 3.23. The Morgan fingerprint density at radius 1 is 1.48 bits per heavy atom. The summed E-state index contributed by atoms with van der Waals surface area (Å²) in [6, 6.07) is 0.0920. The molecule has 0 aromatic carbocycles. The van der Waals surface area contributed by atoms with Crippen LogP contribution in [0.15, 0.2) is 12.4 Å². The zero-order valence-electron chi connectivity index (χ0n) is 12.5. The lowest BCUT2D eigenvalue weighted by molar-refractivity contribution is 0.0288. The highest BCUT2D eigenvalue weighted by molar-refractivity contribution is 9.09. The van der Waals surface area contributed by atoms with E-state index in [4.69, 9.17) is 4.74 Å². The molecule has 1 aromatic heterocycles. The molecule has 1 aliphatic heterocycles. The smallest absolute Gasteiger partial charge is 0.410 e. The predicted molar refractivity (Wildman–Crippen MR) is 81.8 cm³/mol. The van der Waals surface area contributed by atoms with E-state index in [2.05, 4.69) is 21.0 Å². The van der Waals surface area contributed by atoms with Gasteiger partial charge < -0.3 is 9.64 Å². The Labute approximate surface area is 132 Å². The molecule has 21 heavy (non-hydrogen) atoms. The van der Waals surface area contributed by atoms with Crippen LogP contribution in [-0.2, 0) is 4.74 Å². The van der Waals surface area contributed by atoms with Gasteiger partial charge in [0.15, 0.2) is 5.78 Å². The molecule has 0 spiro atoms.